The van der Waals surface area contributed by atoms with Crippen LogP contribution in [0.3, 0.4) is 0 Å². The molecule has 0 amide bonds. The van der Waals surface area contributed by atoms with Crippen LogP contribution in [0.25, 0.3) is 0 Å². The smallest absolute Gasteiger partial charge is 0.244 e. The number of H-pyrrole nitrogens is 1. The zero-order valence-electron chi connectivity index (χ0n) is 10.8. The molecule has 0 spiro atoms. The fourth-order valence-electron chi connectivity index (χ4n) is 1.82. The third-order valence-corrected chi connectivity index (χ3v) is 5.05. The van der Waals surface area contributed by atoms with Crippen LogP contribution in [-0.4, -0.2) is 18.6 Å². The minimum Gasteiger partial charge on any atom is -0.281 e. The van der Waals surface area contributed by atoms with Crippen LogP contribution < -0.4 is 4.72 Å². The molecule has 108 valence electrons. The maximum absolute atomic E-state index is 12.2. The number of rotatable bonds is 4. The predicted molar refractivity (Wildman–Crippen MR) is 78.5 cm³/mol. The molecule has 0 saturated carbocycles. The highest BCUT2D eigenvalue weighted by Gasteiger charge is 2.22. The Balaban J connectivity index is 2.28. The van der Waals surface area contributed by atoms with Gasteiger partial charge >= 0.3 is 0 Å². The first-order valence-corrected chi connectivity index (χ1v) is 8.02. The van der Waals surface area contributed by atoms with E-state index in [4.69, 9.17) is 23.2 Å². The Morgan fingerprint density at radius 3 is 2.60 bits per heavy atom. The third-order valence-electron chi connectivity index (χ3n) is 2.83. The lowest BCUT2D eigenvalue weighted by Gasteiger charge is -2.15. The van der Waals surface area contributed by atoms with Crippen LogP contribution in [0.5, 0.6) is 0 Å². The molecule has 0 saturated heterocycles. The lowest BCUT2D eigenvalue weighted by molar-refractivity contribution is 0.566. The Morgan fingerprint density at radius 1 is 1.35 bits per heavy atom. The predicted octanol–water partition coefficient (Wildman–Crippen LogP) is 3.06. The molecule has 0 aliphatic heterocycles. The molecule has 1 aromatic carbocycles. The number of sulfonamides is 1. The van der Waals surface area contributed by atoms with E-state index < -0.39 is 16.1 Å². The van der Waals surface area contributed by atoms with E-state index in [2.05, 4.69) is 14.9 Å². The van der Waals surface area contributed by atoms with E-state index in [1.165, 1.54) is 6.20 Å². The Bertz CT molecular complexity index is 728. The normalized spacial score (nSPS) is 13.4. The summed E-state index contributed by atoms with van der Waals surface area (Å²) in [6, 6.07) is 4.45. The van der Waals surface area contributed by atoms with E-state index >= 15 is 0 Å². The number of benzene rings is 1. The summed E-state index contributed by atoms with van der Waals surface area (Å²) < 4.78 is 27.0. The lowest BCUT2D eigenvalue weighted by Crippen LogP contribution is -2.27. The van der Waals surface area contributed by atoms with Crippen molar-refractivity contribution in [1.82, 2.24) is 14.9 Å². The number of aryl methyl sites for hydroxylation is 1. The third kappa shape index (κ3) is 3.15. The van der Waals surface area contributed by atoms with E-state index in [-0.39, 0.29) is 4.90 Å². The minimum absolute atomic E-state index is 0.120. The van der Waals surface area contributed by atoms with Gasteiger partial charge in [-0.1, -0.05) is 29.3 Å². The van der Waals surface area contributed by atoms with Crippen molar-refractivity contribution >= 4 is 33.2 Å². The van der Waals surface area contributed by atoms with Crippen molar-refractivity contribution in [1.29, 1.82) is 0 Å². The van der Waals surface area contributed by atoms with Crippen molar-refractivity contribution < 1.29 is 8.42 Å². The number of hydrogen-bond acceptors (Lipinski definition) is 3. The van der Waals surface area contributed by atoms with E-state index in [1.54, 1.807) is 32.0 Å². The van der Waals surface area contributed by atoms with E-state index in [9.17, 15) is 8.42 Å². The topological polar surface area (TPSA) is 74.8 Å². The van der Waals surface area contributed by atoms with Crippen molar-refractivity contribution in [2.75, 3.05) is 0 Å². The maximum Gasteiger partial charge on any atom is 0.244 e. The van der Waals surface area contributed by atoms with Gasteiger partial charge in [0.2, 0.25) is 10.0 Å². The van der Waals surface area contributed by atoms with Crippen molar-refractivity contribution in [2.24, 2.45) is 0 Å². The highest BCUT2D eigenvalue weighted by molar-refractivity contribution is 7.89. The van der Waals surface area contributed by atoms with Crippen molar-refractivity contribution in [3.8, 4) is 0 Å². The van der Waals surface area contributed by atoms with Gasteiger partial charge in [0.1, 0.15) is 4.90 Å². The van der Waals surface area contributed by atoms with Gasteiger partial charge in [-0.25, -0.2) is 13.1 Å². The molecule has 2 rings (SSSR count). The van der Waals surface area contributed by atoms with Gasteiger partial charge in [0.25, 0.3) is 0 Å². The first-order valence-electron chi connectivity index (χ1n) is 5.78. The molecule has 0 fully saturated rings. The molecule has 8 heteroatoms. The van der Waals surface area contributed by atoms with Crippen LogP contribution in [0.1, 0.15) is 24.2 Å². The van der Waals surface area contributed by atoms with E-state index in [0.717, 1.165) is 0 Å². The summed E-state index contributed by atoms with van der Waals surface area (Å²) in [5.74, 6) is 0. The number of aromatic nitrogens is 2. The molecule has 0 aliphatic rings. The summed E-state index contributed by atoms with van der Waals surface area (Å²) >= 11 is 11.9. The fourth-order valence-corrected chi connectivity index (χ4v) is 3.75. The number of halogens is 2. The SMILES string of the molecule is Cc1[nH]ncc1S(=O)(=O)NC(C)c1ccc(Cl)cc1Cl. The molecule has 1 aromatic heterocycles. The summed E-state index contributed by atoms with van der Waals surface area (Å²) in [6.45, 7) is 3.35. The van der Waals surface area contributed by atoms with Gasteiger partial charge in [0, 0.05) is 16.1 Å². The van der Waals surface area contributed by atoms with E-state index in [0.29, 0.717) is 21.3 Å². The molecule has 0 bridgehead atoms. The highest BCUT2D eigenvalue weighted by atomic mass is 35.5. The molecule has 1 unspecified atom stereocenters. The van der Waals surface area contributed by atoms with Crippen LogP contribution in [-0.2, 0) is 10.0 Å². The summed E-state index contributed by atoms with van der Waals surface area (Å²) in [6.07, 6.45) is 1.27. The van der Waals surface area contributed by atoms with Gasteiger partial charge in [-0.2, -0.15) is 5.10 Å². The van der Waals surface area contributed by atoms with Crippen molar-refractivity contribution in [3.05, 3.63) is 45.7 Å². The summed E-state index contributed by atoms with van der Waals surface area (Å²) in [5, 5.41) is 7.22. The zero-order valence-corrected chi connectivity index (χ0v) is 13.1. The van der Waals surface area contributed by atoms with Crippen LogP contribution >= 0.6 is 23.2 Å². The average Bonchev–Trinajstić information content (AvgIpc) is 2.75. The molecular formula is C12H13Cl2N3O2S. The maximum atomic E-state index is 12.2. The van der Waals surface area contributed by atoms with Crippen molar-refractivity contribution in [3.63, 3.8) is 0 Å². The average molecular weight is 334 g/mol. The molecule has 0 aliphatic carbocycles. The molecule has 5 nitrogen and oxygen atoms in total. The largest absolute Gasteiger partial charge is 0.281 e. The molecule has 1 heterocycles. The number of hydrogen-bond donors (Lipinski definition) is 2. The van der Waals surface area contributed by atoms with Crippen LogP contribution in [0.15, 0.2) is 29.3 Å². The Hall–Kier alpha value is -1.08. The first-order chi connectivity index (χ1) is 9.31. The monoisotopic (exact) mass is 333 g/mol. The van der Waals surface area contributed by atoms with Crippen molar-refractivity contribution in [2.45, 2.75) is 24.8 Å². The molecular weight excluding hydrogens is 321 g/mol. The number of aromatic amines is 1. The van der Waals surface area contributed by atoms with Gasteiger partial charge < -0.3 is 0 Å². The lowest BCUT2D eigenvalue weighted by atomic mass is 10.1. The highest BCUT2D eigenvalue weighted by Crippen LogP contribution is 2.27. The Kier molecular flexibility index (Phi) is 4.39. The first kappa shape index (κ1) is 15.3. The molecule has 20 heavy (non-hydrogen) atoms. The second-order valence-electron chi connectivity index (χ2n) is 4.37. The molecule has 2 N–H and O–H groups in total. The number of nitrogens with zero attached hydrogens (tertiary/aromatic N) is 1. The van der Waals surface area contributed by atoms with Crippen LogP contribution in [0.2, 0.25) is 10.0 Å². The standard InChI is InChI=1S/C12H13Cl2N3O2S/c1-7(10-4-3-9(13)5-11(10)14)17-20(18,19)12-6-15-16-8(12)2/h3-7,17H,1-2H3,(H,15,16). The molecule has 2 aromatic rings. The van der Waals surface area contributed by atoms with Crippen LogP contribution in [0, 0.1) is 6.92 Å². The Morgan fingerprint density at radius 2 is 2.05 bits per heavy atom. The molecule has 0 radical (unpaired) electrons. The van der Waals surface area contributed by atoms with E-state index in [1.807, 2.05) is 0 Å². The second kappa shape index (κ2) is 5.73. The van der Waals surface area contributed by atoms with Gasteiger partial charge in [-0.15, -0.1) is 0 Å². The van der Waals surface area contributed by atoms with Gasteiger partial charge in [-0.3, -0.25) is 5.10 Å². The molecule has 1 atom stereocenters. The second-order valence-corrected chi connectivity index (χ2v) is 6.89. The fraction of sp³-hybridized carbons (Fsp3) is 0.250. The van der Waals surface area contributed by atoms with Gasteiger partial charge in [0.15, 0.2) is 0 Å². The Labute approximate surface area is 127 Å². The van der Waals surface area contributed by atoms with Crippen LogP contribution in [0.4, 0.5) is 0 Å². The van der Waals surface area contributed by atoms with Gasteiger partial charge in [0.05, 0.1) is 11.9 Å². The van der Waals surface area contributed by atoms with Gasteiger partial charge in [-0.05, 0) is 31.5 Å². The summed E-state index contributed by atoms with van der Waals surface area (Å²) in [5.41, 5.74) is 1.13. The summed E-state index contributed by atoms with van der Waals surface area (Å²) in [7, 11) is -3.66. The minimum atomic E-state index is -3.66. The number of nitrogens with one attached hydrogen (secondary N) is 2. The quantitative estimate of drug-likeness (QED) is 0.902. The summed E-state index contributed by atoms with van der Waals surface area (Å²) in [4.78, 5) is 0.120. The zero-order chi connectivity index (χ0) is 14.9.